The van der Waals surface area contributed by atoms with Crippen LogP contribution in [0, 0.1) is 10.1 Å². The van der Waals surface area contributed by atoms with Gasteiger partial charge in [0.2, 0.25) is 0 Å². The van der Waals surface area contributed by atoms with Gasteiger partial charge in [-0.1, -0.05) is 0 Å². The van der Waals surface area contributed by atoms with Crippen molar-refractivity contribution in [1.82, 2.24) is 19.9 Å². The summed E-state index contributed by atoms with van der Waals surface area (Å²) >= 11 is 0. The highest BCUT2D eigenvalue weighted by molar-refractivity contribution is 5.71. The second kappa shape index (κ2) is 4.02. The first kappa shape index (κ1) is 11.1. The summed E-state index contributed by atoms with van der Waals surface area (Å²) in [4.78, 5) is 35.2. The van der Waals surface area contributed by atoms with Crippen LogP contribution in [0.5, 0.6) is 0 Å². The van der Waals surface area contributed by atoms with Crippen molar-refractivity contribution in [3.8, 4) is 11.4 Å². The molecule has 8 heteroatoms. The van der Waals surface area contributed by atoms with Gasteiger partial charge in [-0.05, 0) is 12.1 Å². The normalized spacial score (nSPS) is 10.7. The molecule has 0 bridgehead atoms. The SMILES string of the molecule is O=c1[nH]c(-c2ccc([N+](=O)[O-])cc2)nc2nc[nH]c12. The largest absolute Gasteiger partial charge is 0.339 e. The van der Waals surface area contributed by atoms with Crippen LogP contribution in [0.15, 0.2) is 35.4 Å². The van der Waals surface area contributed by atoms with Crippen LogP contribution < -0.4 is 5.56 Å². The van der Waals surface area contributed by atoms with Crippen LogP contribution in [-0.4, -0.2) is 24.9 Å². The van der Waals surface area contributed by atoms with Crippen molar-refractivity contribution in [2.75, 3.05) is 0 Å². The van der Waals surface area contributed by atoms with Gasteiger partial charge in [0.25, 0.3) is 11.2 Å². The van der Waals surface area contributed by atoms with Crippen molar-refractivity contribution < 1.29 is 4.92 Å². The molecular formula is C11H7N5O3. The van der Waals surface area contributed by atoms with Crippen LogP contribution in [-0.2, 0) is 0 Å². The smallest absolute Gasteiger partial charge is 0.277 e. The van der Waals surface area contributed by atoms with Gasteiger partial charge >= 0.3 is 0 Å². The highest BCUT2D eigenvalue weighted by atomic mass is 16.6. The van der Waals surface area contributed by atoms with E-state index in [1.807, 2.05) is 0 Å². The summed E-state index contributed by atoms with van der Waals surface area (Å²) in [5.74, 6) is 0.319. The fraction of sp³-hybridized carbons (Fsp3) is 0. The number of hydrogen-bond donors (Lipinski definition) is 2. The Kier molecular flexibility index (Phi) is 2.34. The zero-order valence-electron chi connectivity index (χ0n) is 9.45. The Morgan fingerprint density at radius 2 is 1.95 bits per heavy atom. The minimum atomic E-state index is -0.489. The van der Waals surface area contributed by atoms with E-state index in [9.17, 15) is 14.9 Å². The Morgan fingerprint density at radius 3 is 2.63 bits per heavy atom. The molecule has 0 amide bonds. The van der Waals surface area contributed by atoms with E-state index >= 15 is 0 Å². The van der Waals surface area contributed by atoms with Crippen LogP contribution in [0.2, 0.25) is 0 Å². The lowest BCUT2D eigenvalue weighted by Gasteiger charge is -2.00. The third-order valence-corrected chi connectivity index (χ3v) is 2.65. The van der Waals surface area contributed by atoms with E-state index in [1.165, 1.54) is 30.6 Å². The number of nitrogens with zero attached hydrogens (tertiary/aromatic N) is 3. The number of H-pyrrole nitrogens is 2. The molecule has 2 aromatic heterocycles. The zero-order valence-corrected chi connectivity index (χ0v) is 9.45. The zero-order chi connectivity index (χ0) is 13.4. The molecule has 1 aromatic carbocycles. The lowest BCUT2D eigenvalue weighted by atomic mass is 10.2. The third kappa shape index (κ3) is 1.84. The van der Waals surface area contributed by atoms with E-state index in [0.29, 0.717) is 22.6 Å². The quantitative estimate of drug-likeness (QED) is 0.528. The molecule has 0 atom stereocenters. The fourth-order valence-corrected chi connectivity index (χ4v) is 1.72. The molecule has 19 heavy (non-hydrogen) atoms. The van der Waals surface area contributed by atoms with Gasteiger partial charge in [-0.25, -0.2) is 9.97 Å². The van der Waals surface area contributed by atoms with Crippen molar-refractivity contribution in [1.29, 1.82) is 0 Å². The molecule has 0 radical (unpaired) electrons. The maximum atomic E-state index is 11.7. The molecule has 3 rings (SSSR count). The molecule has 0 aliphatic rings. The van der Waals surface area contributed by atoms with Crippen molar-refractivity contribution in [2.45, 2.75) is 0 Å². The van der Waals surface area contributed by atoms with Gasteiger partial charge in [-0.15, -0.1) is 0 Å². The summed E-state index contributed by atoms with van der Waals surface area (Å²) in [6.45, 7) is 0. The van der Waals surface area contributed by atoms with E-state index in [-0.39, 0.29) is 11.2 Å². The van der Waals surface area contributed by atoms with E-state index in [2.05, 4.69) is 19.9 Å². The number of nitrogens with one attached hydrogen (secondary N) is 2. The minimum Gasteiger partial charge on any atom is -0.339 e. The maximum absolute atomic E-state index is 11.7. The molecule has 0 unspecified atom stereocenters. The summed E-state index contributed by atoms with van der Waals surface area (Å²) < 4.78 is 0. The van der Waals surface area contributed by atoms with Crippen molar-refractivity contribution in [2.24, 2.45) is 0 Å². The first-order valence-corrected chi connectivity index (χ1v) is 5.33. The summed E-state index contributed by atoms with van der Waals surface area (Å²) in [5.41, 5.74) is 0.818. The Balaban J connectivity index is 2.13. The van der Waals surface area contributed by atoms with Crippen LogP contribution in [0.1, 0.15) is 0 Å². The molecule has 0 fully saturated rings. The van der Waals surface area contributed by atoms with E-state index in [4.69, 9.17) is 0 Å². The number of rotatable bonds is 2. The van der Waals surface area contributed by atoms with Gasteiger partial charge in [0.15, 0.2) is 11.2 Å². The second-order valence-corrected chi connectivity index (χ2v) is 3.82. The van der Waals surface area contributed by atoms with E-state index in [1.54, 1.807) is 0 Å². The lowest BCUT2D eigenvalue weighted by Crippen LogP contribution is -2.09. The van der Waals surface area contributed by atoms with Crippen LogP contribution in [0.3, 0.4) is 0 Å². The molecule has 94 valence electrons. The standard InChI is InChI=1S/C11H7N5O3/c17-11-8-10(13-5-12-8)14-9(15-11)6-1-3-7(4-2-6)16(18)19/h1-5H,(H2,12,13,14,15,17). The average Bonchev–Trinajstić information content (AvgIpc) is 2.87. The Labute approximate surface area is 105 Å². The molecule has 0 saturated heterocycles. The topological polar surface area (TPSA) is 118 Å². The number of nitro groups is 1. The summed E-state index contributed by atoms with van der Waals surface area (Å²) in [5, 5.41) is 10.6. The molecule has 0 aliphatic carbocycles. The molecule has 0 spiro atoms. The van der Waals surface area contributed by atoms with Gasteiger partial charge in [0.05, 0.1) is 11.3 Å². The molecule has 0 saturated carbocycles. The number of hydrogen-bond acceptors (Lipinski definition) is 5. The number of non-ortho nitro benzene ring substituents is 1. The minimum absolute atomic E-state index is 0.0213. The Morgan fingerprint density at radius 1 is 1.21 bits per heavy atom. The number of nitro benzene ring substituents is 1. The Hall–Kier alpha value is -3.03. The number of aromatic amines is 2. The molecular weight excluding hydrogens is 250 g/mol. The second-order valence-electron chi connectivity index (χ2n) is 3.82. The van der Waals surface area contributed by atoms with Gasteiger partial charge in [-0.2, -0.15) is 0 Å². The fourth-order valence-electron chi connectivity index (χ4n) is 1.72. The first-order valence-electron chi connectivity index (χ1n) is 5.33. The molecule has 8 nitrogen and oxygen atoms in total. The summed E-state index contributed by atoms with van der Waals surface area (Å²) in [6.07, 6.45) is 1.38. The van der Waals surface area contributed by atoms with Crippen LogP contribution in [0.4, 0.5) is 5.69 Å². The van der Waals surface area contributed by atoms with Crippen LogP contribution in [0.25, 0.3) is 22.6 Å². The van der Waals surface area contributed by atoms with Crippen molar-refractivity contribution in [3.05, 3.63) is 51.1 Å². The molecule has 2 N–H and O–H groups in total. The summed E-state index contributed by atoms with van der Waals surface area (Å²) in [7, 11) is 0. The highest BCUT2D eigenvalue weighted by Gasteiger charge is 2.09. The van der Waals surface area contributed by atoms with E-state index < -0.39 is 4.92 Å². The van der Waals surface area contributed by atoms with Crippen LogP contribution >= 0.6 is 0 Å². The molecule has 3 aromatic rings. The number of fused-ring (bicyclic) bond motifs is 1. The monoisotopic (exact) mass is 257 g/mol. The summed E-state index contributed by atoms with van der Waals surface area (Å²) in [6, 6.07) is 5.75. The number of aromatic nitrogens is 4. The highest BCUT2D eigenvalue weighted by Crippen LogP contribution is 2.19. The van der Waals surface area contributed by atoms with E-state index in [0.717, 1.165) is 0 Å². The lowest BCUT2D eigenvalue weighted by molar-refractivity contribution is -0.384. The maximum Gasteiger partial charge on any atom is 0.277 e. The van der Waals surface area contributed by atoms with Crippen molar-refractivity contribution in [3.63, 3.8) is 0 Å². The third-order valence-electron chi connectivity index (χ3n) is 2.65. The predicted octanol–water partition coefficient (Wildman–Crippen LogP) is 1.22. The van der Waals surface area contributed by atoms with Gasteiger partial charge in [-0.3, -0.25) is 14.9 Å². The van der Waals surface area contributed by atoms with Gasteiger partial charge < -0.3 is 9.97 Å². The first-order chi connectivity index (χ1) is 9.15. The van der Waals surface area contributed by atoms with Gasteiger partial charge in [0, 0.05) is 17.7 Å². The predicted molar refractivity (Wildman–Crippen MR) is 66.6 cm³/mol. The number of imidazole rings is 1. The van der Waals surface area contributed by atoms with Gasteiger partial charge in [0.1, 0.15) is 5.82 Å². The molecule has 0 aliphatic heterocycles. The molecule has 2 heterocycles. The van der Waals surface area contributed by atoms with Crippen molar-refractivity contribution >= 4 is 16.9 Å². The average molecular weight is 257 g/mol. The Bertz CT molecular complexity index is 818. The number of benzene rings is 1.